The van der Waals surface area contributed by atoms with Crippen LogP contribution in [-0.4, -0.2) is 31.1 Å². The monoisotopic (exact) mass is 390 g/mol. The first kappa shape index (κ1) is 21.1. The molecule has 4 nitrogen and oxygen atoms in total. The summed E-state index contributed by atoms with van der Waals surface area (Å²) in [6, 6.07) is 6.06. The fourth-order valence-corrected chi connectivity index (χ4v) is 4.08. The quantitative estimate of drug-likeness (QED) is 0.629. The van der Waals surface area contributed by atoms with Crippen LogP contribution in [0.2, 0.25) is 0 Å². The number of hydrogen-bond donors (Lipinski definition) is 2. The van der Waals surface area contributed by atoms with Crippen LogP contribution in [0.25, 0.3) is 0 Å². The van der Waals surface area contributed by atoms with Gasteiger partial charge < -0.3 is 15.4 Å². The van der Waals surface area contributed by atoms with Crippen LogP contribution in [0.15, 0.2) is 18.2 Å². The van der Waals surface area contributed by atoms with Gasteiger partial charge in [0.05, 0.1) is 6.61 Å². The minimum Gasteiger partial charge on any atom is -0.493 e. The highest BCUT2D eigenvalue weighted by molar-refractivity contribution is 5.73. The molecule has 1 aromatic carbocycles. The van der Waals surface area contributed by atoms with Crippen molar-refractivity contribution >= 4 is 5.91 Å². The molecule has 28 heavy (non-hydrogen) atoms. The van der Waals surface area contributed by atoms with Gasteiger partial charge >= 0.3 is 0 Å². The summed E-state index contributed by atoms with van der Waals surface area (Å²) in [7, 11) is 0. The van der Waals surface area contributed by atoms with Crippen molar-refractivity contribution in [1.82, 2.24) is 10.6 Å². The Kier molecular flexibility index (Phi) is 7.72. The van der Waals surface area contributed by atoms with Crippen molar-refractivity contribution < 1.29 is 13.9 Å². The minimum atomic E-state index is -0.129. The molecule has 2 aliphatic carbocycles. The van der Waals surface area contributed by atoms with E-state index < -0.39 is 0 Å². The molecule has 0 radical (unpaired) electrons. The molecule has 2 saturated carbocycles. The predicted octanol–water partition coefficient (Wildman–Crippen LogP) is 4.22. The van der Waals surface area contributed by atoms with Gasteiger partial charge in [0.2, 0.25) is 5.91 Å². The number of nitrogens with one attached hydrogen (secondary N) is 2. The highest BCUT2D eigenvalue weighted by atomic mass is 19.1. The number of carbonyl (C=O) groups excluding carboxylic acids is 1. The fraction of sp³-hybridized carbons (Fsp3) is 0.696. The predicted molar refractivity (Wildman–Crippen MR) is 110 cm³/mol. The van der Waals surface area contributed by atoms with E-state index in [2.05, 4.69) is 10.6 Å². The van der Waals surface area contributed by atoms with E-state index >= 15 is 0 Å². The van der Waals surface area contributed by atoms with Crippen LogP contribution in [0, 0.1) is 17.7 Å². The van der Waals surface area contributed by atoms with Gasteiger partial charge in [0, 0.05) is 31.6 Å². The molecule has 0 aromatic heterocycles. The second kappa shape index (κ2) is 10.2. The second-order valence-electron chi connectivity index (χ2n) is 8.77. The number of rotatable bonds is 10. The maximum absolute atomic E-state index is 14.4. The van der Waals surface area contributed by atoms with E-state index in [0.717, 1.165) is 44.4 Å². The van der Waals surface area contributed by atoms with Gasteiger partial charge in [-0.25, -0.2) is 4.39 Å². The third-order valence-electron chi connectivity index (χ3n) is 6.04. The van der Waals surface area contributed by atoms with E-state index in [1.807, 2.05) is 19.1 Å². The van der Waals surface area contributed by atoms with Gasteiger partial charge in [-0.2, -0.15) is 0 Å². The number of hydrogen-bond acceptors (Lipinski definition) is 3. The Morgan fingerprint density at radius 3 is 2.54 bits per heavy atom. The van der Waals surface area contributed by atoms with Gasteiger partial charge in [0.15, 0.2) is 0 Å². The zero-order valence-corrected chi connectivity index (χ0v) is 17.3. The van der Waals surface area contributed by atoms with E-state index in [1.54, 1.807) is 13.0 Å². The van der Waals surface area contributed by atoms with Crippen molar-refractivity contribution in [2.75, 3.05) is 13.2 Å². The van der Waals surface area contributed by atoms with E-state index in [4.69, 9.17) is 4.74 Å². The summed E-state index contributed by atoms with van der Waals surface area (Å²) in [6.45, 7) is 5.12. The number of amides is 1. The molecule has 0 bridgehead atoms. The highest BCUT2D eigenvalue weighted by Crippen LogP contribution is 2.31. The average molecular weight is 391 g/mol. The lowest BCUT2D eigenvalue weighted by Crippen LogP contribution is -2.43. The maximum atomic E-state index is 14.4. The second-order valence-corrected chi connectivity index (χ2v) is 8.77. The molecule has 1 atom stereocenters. The Morgan fingerprint density at radius 1 is 1.18 bits per heavy atom. The topological polar surface area (TPSA) is 50.4 Å². The summed E-state index contributed by atoms with van der Waals surface area (Å²) in [5.74, 6) is 1.91. The lowest BCUT2D eigenvalue weighted by atomic mass is 9.82. The largest absolute Gasteiger partial charge is 0.493 e. The molecule has 0 saturated heterocycles. The smallest absolute Gasteiger partial charge is 0.217 e. The Balaban J connectivity index is 1.34. The third kappa shape index (κ3) is 7.08. The Bertz CT molecular complexity index is 639. The van der Waals surface area contributed by atoms with Crippen LogP contribution >= 0.6 is 0 Å². The fourth-order valence-electron chi connectivity index (χ4n) is 4.08. The van der Waals surface area contributed by atoms with Gasteiger partial charge in [-0.15, -0.1) is 0 Å². The molecule has 156 valence electrons. The van der Waals surface area contributed by atoms with E-state index in [1.165, 1.54) is 25.7 Å². The van der Waals surface area contributed by atoms with Crippen molar-refractivity contribution in [2.24, 2.45) is 11.8 Å². The van der Waals surface area contributed by atoms with Gasteiger partial charge in [-0.05, 0) is 81.8 Å². The number of benzene rings is 1. The van der Waals surface area contributed by atoms with Crippen LogP contribution in [0.4, 0.5) is 4.39 Å². The first-order valence-corrected chi connectivity index (χ1v) is 10.9. The van der Waals surface area contributed by atoms with Crippen LogP contribution in [0.1, 0.15) is 64.4 Å². The maximum Gasteiger partial charge on any atom is 0.217 e. The van der Waals surface area contributed by atoms with Gasteiger partial charge in [0.1, 0.15) is 11.6 Å². The summed E-state index contributed by atoms with van der Waals surface area (Å²) in [6.07, 6.45) is 9.04. The first-order valence-electron chi connectivity index (χ1n) is 10.9. The first-order chi connectivity index (χ1) is 13.5. The molecule has 2 aliphatic rings. The summed E-state index contributed by atoms with van der Waals surface area (Å²) >= 11 is 0. The Morgan fingerprint density at radius 2 is 1.89 bits per heavy atom. The molecule has 3 rings (SSSR count). The number of halogens is 1. The summed E-state index contributed by atoms with van der Waals surface area (Å²) in [4.78, 5) is 11.1. The van der Waals surface area contributed by atoms with Gasteiger partial charge in [0.25, 0.3) is 0 Å². The zero-order chi connectivity index (χ0) is 19.9. The molecule has 0 unspecified atom stereocenters. The molecule has 2 fully saturated rings. The van der Waals surface area contributed by atoms with Crippen LogP contribution in [-0.2, 0) is 11.2 Å². The molecule has 0 heterocycles. The van der Waals surface area contributed by atoms with Crippen molar-refractivity contribution in [2.45, 2.75) is 77.3 Å². The van der Waals surface area contributed by atoms with E-state index in [0.29, 0.717) is 23.6 Å². The molecular weight excluding hydrogens is 355 g/mol. The lowest BCUT2D eigenvalue weighted by Gasteiger charge is -2.30. The molecule has 0 aliphatic heterocycles. The molecular formula is C23H35FN2O2. The van der Waals surface area contributed by atoms with Gasteiger partial charge in [-0.3, -0.25) is 4.79 Å². The Labute approximate surface area is 168 Å². The summed E-state index contributed by atoms with van der Waals surface area (Å²) < 4.78 is 20.0. The van der Waals surface area contributed by atoms with Crippen molar-refractivity contribution in [1.29, 1.82) is 0 Å². The molecule has 5 heteroatoms. The standard InChI is InChI=1S/C23H35FN2O2/c1-16(26-17(2)27)14-25-21-10-6-18(7-11-21)5-8-20-9-12-22(13-23(20)24)28-15-19-3-4-19/h9,12-13,16,18-19,21,25H,3-8,10-11,14-15H2,1-2H3,(H,26,27)/t16-,18?,21?/m0/s1. The van der Waals surface area contributed by atoms with Crippen LogP contribution in [0.5, 0.6) is 5.75 Å². The molecule has 1 amide bonds. The van der Waals surface area contributed by atoms with Crippen molar-refractivity contribution in [3.8, 4) is 5.75 Å². The summed E-state index contributed by atoms with van der Waals surface area (Å²) in [5, 5.41) is 6.48. The van der Waals surface area contributed by atoms with Crippen molar-refractivity contribution in [3.63, 3.8) is 0 Å². The molecule has 2 N–H and O–H groups in total. The highest BCUT2D eigenvalue weighted by Gasteiger charge is 2.23. The SMILES string of the molecule is CC(=O)N[C@@H](C)CNC1CCC(CCc2ccc(OCC3CC3)cc2F)CC1. The third-order valence-corrected chi connectivity index (χ3v) is 6.04. The van der Waals surface area contributed by atoms with Crippen molar-refractivity contribution in [3.05, 3.63) is 29.6 Å². The van der Waals surface area contributed by atoms with Crippen LogP contribution in [0.3, 0.4) is 0 Å². The zero-order valence-electron chi connectivity index (χ0n) is 17.3. The molecule has 0 spiro atoms. The minimum absolute atomic E-state index is 0.0211. The van der Waals surface area contributed by atoms with Crippen LogP contribution < -0.4 is 15.4 Å². The number of aryl methyl sites for hydroxylation is 1. The Hall–Kier alpha value is -1.62. The molecule has 1 aromatic rings. The summed E-state index contributed by atoms with van der Waals surface area (Å²) in [5.41, 5.74) is 0.808. The van der Waals surface area contributed by atoms with E-state index in [-0.39, 0.29) is 17.8 Å². The van der Waals surface area contributed by atoms with E-state index in [9.17, 15) is 9.18 Å². The number of carbonyl (C=O) groups is 1. The average Bonchev–Trinajstić information content (AvgIpc) is 3.49. The number of ether oxygens (including phenoxy) is 1. The normalized spacial score (nSPS) is 23.2. The van der Waals surface area contributed by atoms with Gasteiger partial charge in [-0.1, -0.05) is 6.07 Å². The lowest BCUT2D eigenvalue weighted by molar-refractivity contribution is -0.119.